The molecule has 1 aromatic carbocycles. The molecule has 15 heavy (non-hydrogen) atoms. The molecule has 1 nitrogen and oxygen atoms in total. The van der Waals surface area contributed by atoms with Crippen molar-refractivity contribution in [2.24, 2.45) is 11.7 Å². The van der Waals surface area contributed by atoms with Crippen molar-refractivity contribution >= 4 is 0 Å². The van der Waals surface area contributed by atoms with E-state index in [1.54, 1.807) is 0 Å². The van der Waals surface area contributed by atoms with E-state index in [1.165, 1.54) is 24.0 Å². The maximum Gasteiger partial charge on any atom is 0.0114 e. The van der Waals surface area contributed by atoms with Gasteiger partial charge >= 0.3 is 0 Å². The van der Waals surface area contributed by atoms with Gasteiger partial charge in [-0.05, 0) is 29.9 Å². The molecule has 82 valence electrons. The van der Waals surface area contributed by atoms with E-state index in [9.17, 15) is 0 Å². The fourth-order valence-corrected chi connectivity index (χ4v) is 2.48. The summed E-state index contributed by atoms with van der Waals surface area (Å²) in [5, 5.41) is 0. The van der Waals surface area contributed by atoms with E-state index in [4.69, 9.17) is 5.73 Å². The molecule has 0 bridgehead atoms. The first-order valence-corrected chi connectivity index (χ1v) is 6.05. The summed E-state index contributed by atoms with van der Waals surface area (Å²) >= 11 is 0. The predicted octanol–water partition coefficient (Wildman–Crippen LogP) is 3.09. The van der Waals surface area contributed by atoms with Crippen LogP contribution in [0.15, 0.2) is 24.3 Å². The molecule has 0 fully saturated rings. The van der Waals surface area contributed by atoms with Gasteiger partial charge in [-0.15, -0.1) is 0 Å². The lowest BCUT2D eigenvalue weighted by Gasteiger charge is -2.35. The van der Waals surface area contributed by atoms with Crippen LogP contribution >= 0.6 is 0 Å². The van der Waals surface area contributed by atoms with Crippen molar-refractivity contribution in [3.8, 4) is 0 Å². The molecule has 2 N–H and O–H groups in total. The summed E-state index contributed by atoms with van der Waals surface area (Å²) in [6, 6.07) is 9.06. The van der Waals surface area contributed by atoms with Gasteiger partial charge in [-0.25, -0.2) is 0 Å². The van der Waals surface area contributed by atoms with Crippen molar-refractivity contribution in [1.29, 1.82) is 0 Å². The number of hydrogen-bond donors (Lipinski definition) is 1. The van der Waals surface area contributed by atoms with Gasteiger partial charge in [0.2, 0.25) is 0 Å². The molecule has 0 saturated heterocycles. The van der Waals surface area contributed by atoms with Crippen LogP contribution < -0.4 is 5.73 Å². The Balaban J connectivity index is 1.98. The molecular formula is C14H21N. The van der Waals surface area contributed by atoms with Crippen LogP contribution in [0.25, 0.3) is 0 Å². The number of hydrogen-bond acceptors (Lipinski definition) is 1. The van der Waals surface area contributed by atoms with Crippen LogP contribution in [0.1, 0.15) is 43.7 Å². The Bertz CT molecular complexity index is 332. The van der Waals surface area contributed by atoms with Crippen LogP contribution in [0.4, 0.5) is 0 Å². The number of fused-ring (bicyclic) bond motifs is 1. The highest BCUT2D eigenvalue weighted by molar-refractivity contribution is 5.41. The Morgan fingerprint density at radius 2 is 2.13 bits per heavy atom. The molecule has 2 rings (SSSR count). The summed E-state index contributed by atoms with van der Waals surface area (Å²) in [5.74, 6) is 1.38. The zero-order chi connectivity index (χ0) is 10.8. The first kappa shape index (κ1) is 10.7. The third-order valence-corrected chi connectivity index (χ3v) is 3.78. The fourth-order valence-electron chi connectivity index (χ4n) is 2.48. The molecule has 0 spiro atoms. The van der Waals surface area contributed by atoms with Crippen LogP contribution in [0, 0.1) is 5.92 Å². The van der Waals surface area contributed by atoms with Gasteiger partial charge in [0, 0.05) is 12.0 Å². The second-order valence-electron chi connectivity index (χ2n) is 4.92. The number of benzene rings is 1. The van der Waals surface area contributed by atoms with Crippen molar-refractivity contribution in [1.82, 2.24) is 0 Å². The minimum absolute atomic E-state index is 0.356. The molecule has 0 radical (unpaired) electrons. The molecule has 1 aromatic rings. The normalized spacial score (nSPS) is 22.7. The fraction of sp³-hybridized carbons (Fsp3) is 0.571. The lowest BCUT2D eigenvalue weighted by atomic mass is 9.72. The molecule has 0 saturated carbocycles. The van der Waals surface area contributed by atoms with Crippen LogP contribution in [0.2, 0.25) is 0 Å². The summed E-state index contributed by atoms with van der Waals surface area (Å²) in [7, 11) is 0. The van der Waals surface area contributed by atoms with Crippen molar-refractivity contribution in [3.63, 3.8) is 0 Å². The monoisotopic (exact) mass is 203 g/mol. The molecule has 0 aromatic heterocycles. The van der Waals surface area contributed by atoms with E-state index < -0.39 is 0 Å². The van der Waals surface area contributed by atoms with Gasteiger partial charge in [-0.2, -0.15) is 0 Å². The van der Waals surface area contributed by atoms with Crippen molar-refractivity contribution in [3.05, 3.63) is 35.4 Å². The molecule has 1 heteroatoms. The van der Waals surface area contributed by atoms with E-state index in [2.05, 4.69) is 38.1 Å². The molecule has 0 aliphatic heterocycles. The lowest BCUT2D eigenvalue weighted by molar-refractivity contribution is 0.384. The average Bonchev–Trinajstić information content (AvgIpc) is 2.19. The topological polar surface area (TPSA) is 26.0 Å². The summed E-state index contributed by atoms with van der Waals surface area (Å²) in [5.41, 5.74) is 9.27. The third kappa shape index (κ3) is 2.07. The van der Waals surface area contributed by atoms with Gasteiger partial charge in [-0.1, -0.05) is 44.5 Å². The number of nitrogens with two attached hydrogens (primary N) is 1. The van der Waals surface area contributed by atoms with Crippen LogP contribution in [0.5, 0.6) is 0 Å². The first-order chi connectivity index (χ1) is 7.22. The molecule has 3 atom stereocenters. The van der Waals surface area contributed by atoms with Gasteiger partial charge in [0.15, 0.2) is 0 Å². The summed E-state index contributed by atoms with van der Waals surface area (Å²) in [6.45, 7) is 4.54. The minimum atomic E-state index is 0.356. The smallest absolute Gasteiger partial charge is 0.0114 e. The largest absolute Gasteiger partial charge is 0.327 e. The SMILES string of the molecule is CCC(C)CC(N)C1Cc2ccccc21. The van der Waals surface area contributed by atoms with E-state index in [0.717, 1.165) is 12.3 Å². The van der Waals surface area contributed by atoms with Crippen LogP contribution in [-0.4, -0.2) is 6.04 Å². The minimum Gasteiger partial charge on any atom is -0.327 e. The highest BCUT2D eigenvalue weighted by Crippen LogP contribution is 2.38. The molecule has 1 aliphatic rings. The Morgan fingerprint density at radius 3 is 2.80 bits per heavy atom. The summed E-state index contributed by atoms with van der Waals surface area (Å²) in [6.07, 6.45) is 3.59. The molecule has 3 unspecified atom stereocenters. The van der Waals surface area contributed by atoms with Gasteiger partial charge in [0.1, 0.15) is 0 Å². The Hall–Kier alpha value is -0.820. The maximum absolute atomic E-state index is 6.27. The second-order valence-corrected chi connectivity index (χ2v) is 4.92. The average molecular weight is 203 g/mol. The van der Waals surface area contributed by atoms with E-state index in [-0.39, 0.29) is 0 Å². The van der Waals surface area contributed by atoms with E-state index in [1.807, 2.05) is 0 Å². The van der Waals surface area contributed by atoms with Crippen LogP contribution in [-0.2, 0) is 6.42 Å². The summed E-state index contributed by atoms with van der Waals surface area (Å²) in [4.78, 5) is 0. The second kappa shape index (κ2) is 4.36. The zero-order valence-corrected chi connectivity index (χ0v) is 9.74. The van der Waals surface area contributed by atoms with Gasteiger partial charge < -0.3 is 5.73 Å². The first-order valence-electron chi connectivity index (χ1n) is 6.05. The highest BCUT2D eigenvalue weighted by atomic mass is 14.7. The Kier molecular flexibility index (Phi) is 3.11. The van der Waals surface area contributed by atoms with Gasteiger partial charge in [-0.3, -0.25) is 0 Å². The molecule has 0 amide bonds. The lowest BCUT2D eigenvalue weighted by Crippen LogP contribution is -2.36. The molecule has 0 heterocycles. The van der Waals surface area contributed by atoms with Crippen molar-refractivity contribution < 1.29 is 0 Å². The highest BCUT2D eigenvalue weighted by Gasteiger charge is 2.30. The van der Waals surface area contributed by atoms with Crippen LogP contribution in [0.3, 0.4) is 0 Å². The van der Waals surface area contributed by atoms with Gasteiger partial charge in [0.25, 0.3) is 0 Å². The standard InChI is InChI=1S/C14H21N/c1-3-10(2)8-14(15)13-9-11-6-4-5-7-12(11)13/h4-7,10,13-14H,3,8-9,15H2,1-2H3. The Labute approximate surface area is 92.7 Å². The van der Waals surface area contributed by atoms with Crippen molar-refractivity contribution in [2.75, 3.05) is 0 Å². The Morgan fingerprint density at radius 1 is 1.40 bits per heavy atom. The molecular weight excluding hydrogens is 182 g/mol. The quantitative estimate of drug-likeness (QED) is 0.799. The van der Waals surface area contributed by atoms with Gasteiger partial charge in [0.05, 0.1) is 0 Å². The summed E-state index contributed by atoms with van der Waals surface area (Å²) < 4.78 is 0. The number of rotatable bonds is 4. The van der Waals surface area contributed by atoms with Crippen molar-refractivity contribution in [2.45, 2.75) is 45.1 Å². The van der Waals surface area contributed by atoms with E-state index >= 15 is 0 Å². The molecule has 1 aliphatic carbocycles. The predicted molar refractivity (Wildman–Crippen MR) is 64.9 cm³/mol. The zero-order valence-electron chi connectivity index (χ0n) is 9.74. The maximum atomic E-state index is 6.27. The van der Waals surface area contributed by atoms with E-state index in [0.29, 0.717) is 12.0 Å². The third-order valence-electron chi connectivity index (χ3n) is 3.78.